The zero-order chi connectivity index (χ0) is 8.27. The van der Waals surface area contributed by atoms with Gasteiger partial charge < -0.3 is 0 Å². The highest BCUT2D eigenvalue weighted by Gasteiger charge is 2.09. The zero-order valence-electron chi connectivity index (χ0n) is 6.92. The minimum Gasteiger partial charge on any atom is -0.271 e. The van der Waals surface area contributed by atoms with E-state index in [1.807, 2.05) is 0 Å². The van der Waals surface area contributed by atoms with Gasteiger partial charge in [0.1, 0.15) is 0 Å². The summed E-state index contributed by atoms with van der Waals surface area (Å²) in [5.74, 6) is 5.40. The van der Waals surface area contributed by atoms with Crippen LogP contribution in [0.15, 0.2) is 10.8 Å². The Labute approximate surface area is 71.4 Å². The van der Waals surface area contributed by atoms with Crippen LogP contribution in [0.1, 0.15) is 30.5 Å². The van der Waals surface area contributed by atoms with Gasteiger partial charge >= 0.3 is 0 Å². The molecule has 0 aliphatic carbocycles. The van der Waals surface area contributed by atoms with Crippen LogP contribution in [0.2, 0.25) is 0 Å². The van der Waals surface area contributed by atoms with Crippen molar-refractivity contribution in [2.45, 2.75) is 26.3 Å². The van der Waals surface area contributed by atoms with E-state index in [2.05, 4.69) is 30.0 Å². The lowest BCUT2D eigenvalue weighted by Crippen LogP contribution is -2.27. The van der Waals surface area contributed by atoms with Crippen molar-refractivity contribution in [2.75, 3.05) is 0 Å². The average Bonchev–Trinajstić information content (AvgIpc) is 2.40. The second-order valence-electron chi connectivity index (χ2n) is 2.64. The summed E-state index contributed by atoms with van der Waals surface area (Å²) in [5, 5.41) is 4.30. The standard InChI is InChI=1S/C8H14N2S/c1-3-8(10-9)7-5-11-4-6(7)2/h4-5,8,10H,3,9H2,1-2H3. The van der Waals surface area contributed by atoms with Gasteiger partial charge in [-0.25, -0.2) is 0 Å². The average molecular weight is 170 g/mol. The SMILES string of the molecule is CCC(NN)c1cscc1C. The molecule has 3 heteroatoms. The molecule has 0 aliphatic heterocycles. The molecule has 62 valence electrons. The minimum absolute atomic E-state index is 0.321. The summed E-state index contributed by atoms with van der Waals surface area (Å²) in [5.41, 5.74) is 5.47. The van der Waals surface area contributed by atoms with E-state index in [0.717, 1.165) is 6.42 Å². The zero-order valence-corrected chi connectivity index (χ0v) is 7.74. The van der Waals surface area contributed by atoms with Gasteiger partial charge in [-0.3, -0.25) is 11.3 Å². The van der Waals surface area contributed by atoms with E-state index in [4.69, 9.17) is 5.84 Å². The maximum atomic E-state index is 5.40. The molecule has 0 radical (unpaired) electrons. The highest BCUT2D eigenvalue weighted by atomic mass is 32.1. The maximum absolute atomic E-state index is 5.40. The molecule has 1 heterocycles. The normalized spacial score (nSPS) is 13.4. The van der Waals surface area contributed by atoms with Gasteiger partial charge in [0.15, 0.2) is 0 Å². The van der Waals surface area contributed by atoms with Crippen LogP contribution in [0.4, 0.5) is 0 Å². The monoisotopic (exact) mass is 170 g/mol. The molecule has 0 aliphatic rings. The van der Waals surface area contributed by atoms with E-state index in [1.165, 1.54) is 11.1 Å². The van der Waals surface area contributed by atoms with Crippen LogP contribution in [0, 0.1) is 6.92 Å². The molecule has 1 atom stereocenters. The second kappa shape index (κ2) is 3.85. The van der Waals surface area contributed by atoms with Crippen molar-refractivity contribution in [2.24, 2.45) is 5.84 Å². The quantitative estimate of drug-likeness (QED) is 0.537. The number of thiophene rings is 1. The van der Waals surface area contributed by atoms with Crippen LogP contribution < -0.4 is 11.3 Å². The number of nitrogens with one attached hydrogen (secondary N) is 1. The fourth-order valence-electron chi connectivity index (χ4n) is 1.15. The van der Waals surface area contributed by atoms with E-state index in [9.17, 15) is 0 Å². The number of hydrogen-bond acceptors (Lipinski definition) is 3. The van der Waals surface area contributed by atoms with Crippen molar-refractivity contribution in [3.63, 3.8) is 0 Å². The molecule has 1 aromatic heterocycles. The molecular weight excluding hydrogens is 156 g/mol. The van der Waals surface area contributed by atoms with Crippen LogP contribution >= 0.6 is 11.3 Å². The van der Waals surface area contributed by atoms with Gasteiger partial charge in [0.25, 0.3) is 0 Å². The summed E-state index contributed by atoms with van der Waals surface area (Å²) in [7, 11) is 0. The molecule has 0 bridgehead atoms. The molecular formula is C8H14N2S. The Bertz CT molecular complexity index is 216. The predicted octanol–water partition coefficient (Wildman–Crippen LogP) is 1.97. The van der Waals surface area contributed by atoms with Gasteiger partial charge in [-0.05, 0) is 35.2 Å². The van der Waals surface area contributed by atoms with Crippen molar-refractivity contribution in [3.8, 4) is 0 Å². The van der Waals surface area contributed by atoms with Crippen LogP contribution in [-0.2, 0) is 0 Å². The summed E-state index contributed by atoms with van der Waals surface area (Å²) >= 11 is 1.73. The van der Waals surface area contributed by atoms with Crippen molar-refractivity contribution in [3.05, 3.63) is 21.9 Å². The largest absolute Gasteiger partial charge is 0.271 e. The van der Waals surface area contributed by atoms with Gasteiger partial charge in [0.2, 0.25) is 0 Å². The van der Waals surface area contributed by atoms with Crippen molar-refractivity contribution >= 4 is 11.3 Å². The molecule has 3 N–H and O–H groups in total. The van der Waals surface area contributed by atoms with E-state index in [0.29, 0.717) is 6.04 Å². The molecule has 11 heavy (non-hydrogen) atoms. The predicted molar refractivity (Wildman–Crippen MR) is 49.4 cm³/mol. The first kappa shape index (κ1) is 8.71. The van der Waals surface area contributed by atoms with Crippen LogP contribution in [0.5, 0.6) is 0 Å². The van der Waals surface area contributed by atoms with Crippen LogP contribution in [-0.4, -0.2) is 0 Å². The second-order valence-corrected chi connectivity index (χ2v) is 3.38. The lowest BCUT2D eigenvalue weighted by atomic mass is 10.1. The summed E-state index contributed by atoms with van der Waals surface area (Å²) in [4.78, 5) is 0. The lowest BCUT2D eigenvalue weighted by molar-refractivity contribution is 0.538. The third kappa shape index (κ3) is 1.80. The van der Waals surface area contributed by atoms with Crippen LogP contribution in [0.25, 0.3) is 0 Å². The Morgan fingerprint density at radius 1 is 1.64 bits per heavy atom. The Hall–Kier alpha value is -0.380. The topological polar surface area (TPSA) is 38.0 Å². The first-order valence-electron chi connectivity index (χ1n) is 3.78. The molecule has 0 aromatic carbocycles. The number of rotatable bonds is 3. The fourth-order valence-corrected chi connectivity index (χ4v) is 2.06. The molecule has 0 saturated carbocycles. The van der Waals surface area contributed by atoms with Crippen molar-refractivity contribution in [1.82, 2.24) is 5.43 Å². The highest BCUT2D eigenvalue weighted by Crippen LogP contribution is 2.22. The Morgan fingerprint density at radius 2 is 2.36 bits per heavy atom. The van der Waals surface area contributed by atoms with Gasteiger partial charge in [-0.15, -0.1) is 0 Å². The van der Waals surface area contributed by atoms with Gasteiger partial charge in [0, 0.05) is 6.04 Å². The molecule has 0 amide bonds. The van der Waals surface area contributed by atoms with Crippen molar-refractivity contribution in [1.29, 1.82) is 0 Å². The third-order valence-electron chi connectivity index (χ3n) is 1.88. The summed E-state index contributed by atoms with van der Waals surface area (Å²) in [6.07, 6.45) is 1.04. The first-order chi connectivity index (χ1) is 5.29. The molecule has 0 saturated heterocycles. The van der Waals surface area contributed by atoms with Crippen LogP contribution in [0.3, 0.4) is 0 Å². The summed E-state index contributed by atoms with van der Waals surface area (Å²) in [6, 6.07) is 0.321. The highest BCUT2D eigenvalue weighted by molar-refractivity contribution is 7.08. The van der Waals surface area contributed by atoms with E-state index >= 15 is 0 Å². The summed E-state index contributed by atoms with van der Waals surface area (Å²) < 4.78 is 0. The lowest BCUT2D eigenvalue weighted by Gasteiger charge is -2.12. The maximum Gasteiger partial charge on any atom is 0.0468 e. The Balaban J connectivity index is 2.81. The molecule has 1 rings (SSSR count). The molecule has 1 aromatic rings. The number of hydrogen-bond donors (Lipinski definition) is 2. The van der Waals surface area contributed by atoms with Gasteiger partial charge in [0.05, 0.1) is 0 Å². The smallest absolute Gasteiger partial charge is 0.0468 e. The minimum atomic E-state index is 0.321. The third-order valence-corrected chi connectivity index (χ3v) is 2.76. The van der Waals surface area contributed by atoms with E-state index < -0.39 is 0 Å². The van der Waals surface area contributed by atoms with E-state index in [-0.39, 0.29) is 0 Å². The van der Waals surface area contributed by atoms with Crippen molar-refractivity contribution < 1.29 is 0 Å². The molecule has 2 nitrogen and oxygen atoms in total. The molecule has 1 unspecified atom stereocenters. The first-order valence-corrected chi connectivity index (χ1v) is 4.72. The van der Waals surface area contributed by atoms with E-state index in [1.54, 1.807) is 11.3 Å². The van der Waals surface area contributed by atoms with Gasteiger partial charge in [-0.1, -0.05) is 6.92 Å². The Morgan fingerprint density at radius 3 is 2.73 bits per heavy atom. The number of aryl methyl sites for hydroxylation is 1. The van der Waals surface area contributed by atoms with Gasteiger partial charge in [-0.2, -0.15) is 11.3 Å². The number of hydrazine groups is 1. The number of nitrogens with two attached hydrogens (primary N) is 1. The Kier molecular flexibility index (Phi) is 3.05. The fraction of sp³-hybridized carbons (Fsp3) is 0.500. The summed E-state index contributed by atoms with van der Waals surface area (Å²) in [6.45, 7) is 4.24. The molecule has 0 spiro atoms. The molecule has 0 fully saturated rings.